The van der Waals surface area contributed by atoms with Crippen molar-refractivity contribution in [3.05, 3.63) is 17.7 Å². The summed E-state index contributed by atoms with van der Waals surface area (Å²) in [6.07, 6.45) is -1.26. The molecule has 1 saturated carbocycles. The number of likely N-dealkylation sites (N-methyl/N-ethyl adjacent to an activating group) is 1. The number of nitrogens with two attached hydrogens (primary N) is 1. The molecule has 0 saturated heterocycles. The van der Waals surface area contributed by atoms with Gasteiger partial charge in [-0.2, -0.15) is 13.2 Å². The highest BCUT2D eigenvalue weighted by atomic mass is 19.4. The minimum absolute atomic E-state index is 0.00771. The zero-order valence-corrected chi connectivity index (χ0v) is 12.1. The van der Waals surface area contributed by atoms with Gasteiger partial charge in [0.25, 0.3) is 0 Å². The average Bonchev–Trinajstić information content (AvgIpc) is 2.35. The van der Waals surface area contributed by atoms with Crippen molar-refractivity contribution in [1.82, 2.24) is 9.88 Å². The summed E-state index contributed by atoms with van der Waals surface area (Å²) in [6, 6.07) is 1.89. The number of pyridine rings is 1. The minimum atomic E-state index is -4.43. The van der Waals surface area contributed by atoms with Gasteiger partial charge in [0.15, 0.2) is 0 Å². The molecule has 0 atom stereocenters. The van der Waals surface area contributed by atoms with Crippen molar-refractivity contribution in [2.24, 2.45) is 5.84 Å². The summed E-state index contributed by atoms with van der Waals surface area (Å²) in [5.41, 5.74) is 1.38. The lowest BCUT2D eigenvalue weighted by Gasteiger charge is -2.47. The highest BCUT2D eigenvalue weighted by Crippen LogP contribution is 2.37. The maximum atomic E-state index is 12.8. The van der Waals surface area contributed by atoms with Crippen LogP contribution in [0.1, 0.15) is 24.8 Å². The van der Waals surface area contributed by atoms with Crippen LogP contribution in [-0.4, -0.2) is 36.1 Å². The number of nitrogen functional groups attached to an aromatic ring is 1. The first-order chi connectivity index (χ1) is 9.77. The van der Waals surface area contributed by atoms with Gasteiger partial charge in [-0.1, -0.05) is 0 Å². The van der Waals surface area contributed by atoms with Crippen LogP contribution >= 0.6 is 0 Å². The molecule has 1 fully saturated rings. The van der Waals surface area contributed by atoms with E-state index in [2.05, 4.69) is 20.6 Å². The van der Waals surface area contributed by atoms with Crippen molar-refractivity contribution in [1.29, 1.82) is 0 Å². The van der Waals surface area contributed by atoms with Crippen molar-refractivity contribution in [2.45, 2.75) is 31.0 Å². The van der Waals surface area contributed by atoms with Crippen LogP contribution < -0.4 is 16.6 Å². The van der Waals surface area contributed by atoms with E-state index in [1.54, 1.807) is 0 Å². The maximum absolute atomic E-state index is 12.8. The summed E-state index contributed by atoms with van der Waals surface area (Å²) < 4.78 is 38.5. The fraction of sp³-hybridized carbons (Fsp3) is 0.615. The number of halogens is 3. The number of aromatic nitrogens is 1. The summed E-state index contributed by atoms with van der Waals surface area (Å²) in [5, 5.41) is 3.01. The first kappa shape index (κ1) is 15.8. The van der Waals surface area contributed by atoms with Crippen LogP contribution in [0.25, 0.3) is 0 Å². The molecule has 0 radical (unpaired) electrons. The van der Waals surface area contributed by atoms with Gasteiger partial charge in [-0.05, 0) is 45.5 Å². The molecule has 1 heterocycles. The van der Waals surface area contributed by atoms with Gasteiger partial charge in [-0.3, -0.25) is 0 Å². The Kier molecular flexibility index (Phi) is 4.29. The van der Waals surface area contributed by atoms with Gasteiger partial charge in [0.1, 0.15) is 11.6 Å². The first-order valence-corrected chi connectivity index (χ1v) is 6.74. The highest BCUT2D eigenvalue weighted by Gasteiger charge is 2.39. The zero-order valence-electron chi connectivity index (χ0n) is 12.1. The lowest BCUT2D eigenvalue weighted by molar-refractivity contribution is -0.137. The molecule has 0 amide bonds. The molecule has 0 aromatic carbocycles. The van der Waals surface area contributed by atoms with Crippen LogP contribution in [0.3, 0.4) is 0 Å². The van der Waals surface area contributed by atoms with Gasteiger partial charge in [0.2, 0.25) is 0 Å². The summed E-state index contributed by atoms with van der Waals surface area (Å²) in [6.45, 7) is 0.554. The van der Waals surface area contributed by atoms with Crippen LogP contribution in [0.5, 0.6) is 0 Å². The number of nitrogens with zero attached hydrogens (tertiary/aromatic N) is 2. The van der Waals surface area contributed by atoms with Crippen molar-refractivity contribution >= 4 is 11.6 Å². The third kappa shape index (κ3) is 3.38. The molecule has 0 aliphatic heterocycles. The van der Waals surface area contributed by atoms with E-state index in [4.69, 9.17) is 5.84 Å². The van der Waals surface area contributed by atoms with E-state index in [0.29, 0.717) is 6.54 Å². The van der Waals surface area contributed by atoms with Crippen molar-refractivity contribution in [3.8, 4) is 0 Å². The fourth-order valence-electron chi connectivity index (χ4n) is 2.48. The Bertz CT molecular complexity index is 497. The number of nitrogens with one attached hydrogen (secondary N) is 2. The molecule has 21 heavy (non-hydrogen) atoms. The van der Waals surface area contributed by atoms with E-state index < -0.39 is 11.7 Å². The number of rotatable bonds is 5. The topological polar surface area (TPSA) is 66.2 Å². The predicted octanol–water partition coefficient (Wildman–Crippen LogP) is 2.28. The van der Waals surface area contributed by atoms with Crippen molar-refractivity contribution < 1.29 is 13.2 Å². The second-order valence-corrected chi connectivity index (χ2v) is 5.59. The van der Waals surface area contributed by atoms with E-state index in [0.717, 1.165) is 31.4 Å². The Labute approximate surface area is 121 Å². The zero-order chi connectivity index (χ0) is 15.7. The Morgan fingerprint density at radius 1 is 1.29 bits per heavy atom. The molecule has 118 valence electrons. The summed E-state index contributed by atoms with van der Waals surface area (Å²) >= 11 is 0. The van der Waals surface area contributed by atoms with E-state index >= 15 is 0 Å². The minimum Gasteiger partial charge on any atom is -0.368 e. The monoisotopic (exact) mass is 303 g/mol. The van der Waals surface area contributed by atoms with Crippen LogP contribution in [-0.2, 0) is 6.18 Å². The average molecular weight is 303 g/mol. The van der Waals surface area contributed by atoms with E-state index in [1.807, 2.05) is 14.1 Å². The summed E-state index contributed by atoms with van der Waals surface area (Å²) in [4.78, 5) is 6.13. The normalized spacial score (nSPS) is 17.5. The summed E-state index contributed by atoms with van der Waals surface area (Å²) in [5.74, 6) is 5.34. The molecule has 0 spiro atoms. The Morgan fingerprint density at radius 2 is 1.90 bits per heavy atom. The van der Waals surface area contributed by atoms with Crippen LogP contribution in [0.15, 0.2) is 12.1 Å². The van der Waals surface area contributed by atoms with E-state index in [-0.39, 0.29) is 17.2 Å². The Morgan fingerprint density at radius 3 is 2.33 bits per heavy atom. The van der Waals surface area contributed by atoms with Gasteiger partial charge >= 0.3 is 6.18 Å². The number of alkyl halides is 3. The van der Waals surface area contributed by atoms with E-state index in [9.17, 15) is 13.2 Å². The molecule has 5 nitrogen and oxygen atoms in total. The molecule has 1 aliphatic rings. The molecular weight excluding hydrogens is 283 g/mol. The largest absolute Gasteiger partial charge is 0.416 e. The molecule has 1 aliphatic carbocycles. The molecule has 2 rings (SSSR count). The number of anilines is 2. The lowest BCUT2D eigenvalue weighted by Crippen LogP contribution is -2.54. The number of hydrogen-bond donors (Lipinski definition) is 3. The molecule has 8 heteroatoms. The SMILES string of the molecule is CN(C)C1(CNc2cc(C(F)(F)F)cc(NN)n2)CCC1. The molecule has 1 aromatic rings. The molecule has 0 bridgehead atoms. The fourth-order valence-corrected chi connectivity index (χ4v) is 2.48. The van der Waals surface area contributed by atoms with Gasteiger partial charge in [-0.25, -0.2) is 10.8 Å². The van der Waals surface area contributed by atoms with Crippen LogP contribution in [0, 0.1) is 0 Å². The van der Waals surface area contributed by atoms with Gasteiger partial charge < -0.3 is 15.6 Å². The quantitative estimate of drug-likeness (QED) is 0.575. The van der Waals surface area contributed by atoms with E-state index in [1.165, 1.54) is 0 Å². The van der Waals surface area contributed by atoms with Gasteiger partial charge in [0.05, 0.1) is 5.56 Å². The van der Waals surface area contributed by atoms with Crippen LogP contribution in [0.4, 0.5) is 24.8 Å². The summed E-state index contributed by atoms with van der Waals surface area (Å²) in [7, 11) is 3.96. The number of hydrogen-bond acceptors (Lipinski definition) is 5. The predicted molar refractivity (Wildman–Crippen MR) is 75.8 cm³/mol. The molecule has 4 N–H and O–H groups in total. The second kappa shape index (κ2) is 5.69. The number of hydrazine groups is 1. The maximum Gasteiger partial charge on any atom is 0.416 e. The smallest absolute Gasteiger partial charge is 0.368 e. The molecule has 1 aromatic heterocycles. The standard InChI is InChI=1S/C13H20F3N5/c1-21(2)12(4-3-5-12)8-18-10-6-9(13(14,15)16)7-11(19-10)20-17/h6-7H,3-5,8,17H2,1-2H3,(H2,18,19,20). The van der Waals surface area contributed by atoms with Crippen molar-refractivity contribution in [3.63, 3.8) is 0 Å². The second-order valence-electron chi connectivity index (χ2n) is 5.59. The van der Waals surface area contributed by atoms with Gasteiger partial charge in [-0.15, -0.1) is 0 Å². The third-order valence-electron chi connectivity index (χ3n) is 4.13. The van der Waals surface area contributed by atoms with Crippen molar-refractivity contribution in [2.75, 3.05) is 31.4 Å². The Hall–Kier alpha value is -1.54. The third-order valence-corrected chi connectivity index (χ3v) is 4.13. The Balaban J connectivity index is 2.16. The highest BCUT2D eigenvalue weighted by molar-refractivity contribution is 5.49. The lowest BCUT2D eigenvalue weighted by atomic mass is 9.75. The first-order valence-electron chi connectivity index (χ1n) is 6.74. The molecule has 0 unspecified atom stereocenters. The van der Waals surface area contributed by atoms with Crippen LogP contribution in [0.2, 0.25) is 0 Å². The molecular formula is C13H20F3N5. The van der Waals surface area contributed by atoms with Gasteiger partial charge in [0, 0.05) is 12.1 Å².